The molecule has 0 atom stereocenters. The largest absolute Gasteiger partial charge is 0.463 e. The van der Waals surface area contributed by atoms with Crippen molar-refractivity contribution in [1.29, 1.82) is 0 Å². The fourth-order valence-corrected chi connectivity index (χ4v) is 3.29. The molecule has 1 amide bonds. The Hall–Kier alpha value is -3.57. The molecule has 0 spiro atoms. The van der Waals surface area contributed by atoms with Crippen molar-refractivity contribution in [2.75, 3.05) is 5.32 Å². The molecule has 0 radical (unpaired) electrons. The minimum absolute atomic E-state index is 0.113. The normalized spacial score (nSPS) is 10.9. The van der Waals surface area contributed by atoms with Crippen LogP contribution in [0.2, 0.25) is 0 Å². The zero-order chi connectivity index (χ0) is 19.9. The lowest BCUT2D eigenvalue weighted by molar-refractivity contribution is -0.943. The molecule has 29 heavy (non-hydrogen) atoms. The Bertz CT molecular complexity index is 972. The number of quaternary nitrogens is 1. The molecule has 0 saturated heterocycles. The number of carbonyl (C=O) groups is 1. The first-order valence-corrected chi connectivity index (χ1v) is 9.60. The van der Waals surface area contributed by atoms with Gasteiger partial charge in [-0.3, -0.25) is 4.79 Å². The van der Waals surface area contributed by atoms with Gasteiger partial charge in [0.25, 0.3) is 5.91 Å². The molecule has 146 valence electrons. The molecular formula is C24H23N2O3+. The van der Waals surface area contributed by atoms with Crippen molar-refractivity contribution in [2.45, 2.75) is 19.6 Å². The minimum Gasteiger partial charge on any atom is -0.463 e. The molecule has 2 aromatic heterocycles. The van der Waals surface area contributed by atoms with Gasteiger partial charge >= 0.3 is 0 Å². The summed E-state index contributed by atoms with van der Waals surface area (Å²) in [5, 5.41) is 2.91. The first-order chi connectivity index (χ1) is 14.3. The third-order valence-electron chi connectivity index (χ3n) is 4.71. The molecule has 4 aromatic rings. The van der Waals surface area contributed by atoms with Crippen LogP contribution in [0.5, 0.6) is 0 Å². The molecule has 5 nitrogen and oxygen atoms in total. The highest BCUT2D eigenvalue weighted by molar-refractivity contribution is 6.04. The van der Waals surface area contributed by atoms with Crippen LogP contribution >= 0.6 is 0 Å². The average molecular weight is 387 g/mol. The van der Waals surface area contributed by atoms with Gasteiger partial charge in [-0.1, -0.05) is 30.3 Å². The quantitative estimate of drug-likeness (QED) is 0.482. The monoisotopic (exact) mass is 387 g/mol. The molecule has 5 heteroatoms. The average Bonchev–Trinajstić information content (AvgIpc) is 3.44. The van der Waals surface area contributed by atoms with Crippen LogP contribution in [0.25, 0.3) is 0 Å². The molecule has 0 aliphatic rings. The highest BCUT2D eigenvalue weighted by Crippen LogP contribution is 2.10. The third-order valence-corrected chi connectivity index (χ3v) is 4.71. The smallest absolute Gasteiger partial charge is 0.255 e. The Morgan fingerprint density at radius 1 is 0.724 bits per heavy atom. The SMILES string of the molecule is O=C(Nc1ccccc1)c1ccc(C[NH+](Cc2ccco2)Cc2ccco2)cc1. The summed E-state index contributed by atoms with van der Waals surface area (Å²) in [6.45, 7) is 2.30. The van der Waals surface area contributed by atoms with Crippen LogP contribution in [0.1, 0.15) is 27.4 Å². The summed E-state index contributed by atoms with van der Waals surface area (Å²) < 4.78 is 11.0. The molecule has 0 aliphatic carbocycles. The number of carbonyl (C=O) groups excluding carboxylic acids is 1. The molecule has 2 aromatic carbocycles. The minimum atomic E-state index is -0.113. The maximum atomic E-state index is 12.4. The maximum Gasteiger partial charge on any atom is 0.255 e. The molecule has 2 N–H and O–H groups in total. The van der Waals surface area contributed by atoms with E-state index < -0.39 is 0 Å². The number of furan rings is 2. The van der Waals surface area contributed by atoms with E-state index in [9.17, 15) is 4.79 Å². The van der Waals surface area contributed by atoms with Crippen molar-refractivity contribution in [3.8, 4) is 0 Å². The van der Waals surface area contributed by atoms with Crippen LogP contribution in [0, 0.1) is 0 Å². The van der Waals surface area contributed by atoms with E-state index >= 15 is 0 Å². The first kappa shape index (κ1) is 18.8. The van der Waals surface area contributed by atoms with Gasteiger partial charge in [0.05, 0.1) is 12.5 Å². The Labute approximate surface area is 169 Å². The van der Waals surface area contributed by atoms with Gasteiger partial charge in [0.15, 0.2) is 11.5 Å². The topological polar surface area (TPSA) is 59.8 Å². The highest BCUT2D eigenvalue weighted by Gasteiger charge is 2.15. The third kappa shape index (κ3) is 5.24. The van der Waals surface area contributed by atoms with E-state index in [0.717, 1.165) is 42.4 Å². The summed E-state index contributed by atoms with van der Waals surface area (Å²) in [4.78, 5) is 13.7. The number of para-hydroxylation sites is 1. The number of anilines is 1. The van der Waals surface area contributed by atoms with Gasteiger partial charge < -0.3 is 19.1 Å². The number of hydrogen-bond acceptors (Lipinski definition) is 3. The second-order valence-corrected chi connectivity index (χ2v) is 6.96. The van der Waals surface area contributed by atoms with Gasteiger partial charge in [-0.15, -0.1) is 0 Å². The van der Waals surface area contributed by atoms with Crippen LogP contribution in [-0.4, -0.2) is 5.91 Å². The lowest BCUT2D eigenvalue weighted by Gasteiger charge is -2.17. The van der Waals surface area contributed by atoms with Crippen molar-refractivity contribution in [3.63, 3.8) is 0 Å². The molecule has 2 heterocycles. The number of hydrogen-bond donors (Lipinski definition) is 2. The molecule has 0 unspecified atom stereocenters. The van der Waals surface area contributed by atoms with Gasteiger partial charge in [0, 0.05) is 16.8 Å². The molecule has 0 bridgehead atoms. The molecular weight excluding hydrogens is 364 g/mol. The Balaban J connectivity index is 1.42. The standard InChI is InChI=1S/C24H22N2O3/c27-24(25-21-6-2-1-3-7-21)20-12-10-19(11-13-20)16-26(17-22-8-4-14-28-22)18-23-9-5-15-29-23/h1-15H,16-18H2,(H,25,27)/p+1. The molecule has 0 fully saturated rings. The van der Waals surface area contributed by atoms with E-state index in [0.29, 0.717) is 5.56 Å². The van der Waals surface area contributed by atoms with Gasteiger partial charge in [-0.05, 0) is 48.5 Å². The van der Waals surface area contributed by atoms with Gasteiger partial charge in [0.2, 0.25) is 0 Å². The van der Waals surface area contributed by atoms with E-state index in [2.05, 4.69) is 5.32 Å². The predicted octanol–water partition coefficient (Wildman–Crippen LogP) is 3.91. The fourth-order valence-electron chi connectivity index (χ4n) is 3.29. The lowest BCUT2D eigenvalue weighted by Crippen LogP contribution is -3.08. The van der Waals surface area contributed by atoms with Gasteiger partial charge in [-0.2, -0.15) is 0 Å². The summed E-state index contributed by atoms with van der Waals surface area (Å²) in [5.74, 6) is 1.76. The summed E-state index contributed by atoms with van der Waals surface area (Å²) in [7, 11) is 0. The van der Waals surface area contributed by atoms with Crippen LogP contribution in [0.15, 0.2) is 100 Å². The number of rotatable bonds is 8. The van der Waals surface area contributed by atoms with Crippen LogP contribution in [0.3, 0.4) is 0 Å². The van der Waals surface area contributed by atoms with Crippen LogP contribution < -0.4 is 10.2 Å². The summed E-state index contributed by atoms with van der Waals surface area (Å²) in [6.07, 6.45) is 3.39. The predicted molar refractivity (Wildman–Crippen MR) is 110 cm³/mol. The van der Waals surface area contributed by atoms with E-state index in [-0.39, 0.29) is 5.91 Å². The van der Waals surface area contributed by atoms with Crippen molar-refractivity contribution in [2.24, 2.45) is 0 Å². The van der Waals surface area contributed by atoms with Crippen molar-refractivity contribution >= 4 is 11.6 Å². The van der Waals surface area contributed by atoms with E-state index in [1.165, 1.54) is 4.90 Å². The summed E-state index contributed by atoms with van der Waals surface area (Å²) in [6, 6.07) is 25.0. The van der Waals surface area contributed by atoms with Gasteiger partial charge in [0.1, 0.15) is 19.6 Å². The zero-order valence-electron chi connectivity index (χ0n) is 16.0. The number of amides is 1. The molecule has 0 aliphatic heterocycles. The van der Waals surface area contributed by atoms with E-state index in [4.69, 9.17) is 8.83 Å². The van der Waals surface area contributed by atoms with E-state index in [1.54, 1.807) is 12.5 Å². The maximum absolute atomic E-state index is 12.4. The first-order valence-electron chi connectivity index (χ1n) is 9.60. The Morgan fingerprint density at radius 2 is 1.34 bits per heavy atom. The number of benzene rings is 2. The summed E-state index contributed by atoms with van der Waals surface area (Å²) in [5.41, 5.74) is 2.57. The van der Waals surface area contributed by atoms with E-state index in [1.807, 2.05) is 78.9 Å². The van der Waals surface area contributed by atoms with Gasteiger partial charge in [-0.25, -0.2) is 0 Å². The van der Waals surface area contributed by atoms with Crippen LogP contribution in [-0.2, 0) is 19.6 Å². The Morgan fingerprint density at radius 3 is 1.90 bits per heavy atom. The highest BCUT2D eigenvalue weighted by atomic mass is 16.3. The lowest BCUT2D eigenvalue weighted by atomic mass is 10.1. The second-order valence-electron chi connectivity index (χ2n) is 6.96. The number of nitrogens with one attached hydrogen (secondary N) is 2. The molecule has 4 rings (SSSR count). The Kier molecular flexibility index (Phi) is 5.88. The van der Waals surface area contributed by atoms with Crippen molar-refractivity contribution < 1.29 is 18.5 Å². The second kappa shape index (κ2) is 9.08. The van der Waals surface area contributed by atoms with Crippen molar-refractivity contribution in [3.05, 3.63) is 114 Å². The molecule has 0 saturated carbocycles. The summed E-state index contributed by atoms with van der Waals surface area (Å²) >= 11 is 0. The zero-order valence-corrected chi connectivity index (χ0v) is 16.0. The fraction of sp³-hybridized carbons (Fsp3) is 0.125. The van der Waals surface area contributed by atoms with Crippen LogP contribution in [0.4, 0.5) is 5.69 Å². The van der Waals surface area contributed by atoms with Crippen molar-refractivity contribution in [1.82, 2.24) is 0 Å².